The van der Waals surface area contributed by atoms with Crippen molar-refractivity contribution in [3.05, 3.63) is 95.4 Å². The number of aromatic nitrogens is 2. The predicted molar refractivity (Wildman–Crippen MR) is 274 cm³/mol. The normalized spacial score (nSPS) is 16.9. The molecule has 1 aromatic heterocycles. The van der Waals surface area contributed by atoms with Crippen molar-refractivity contribution >= 4 is 41.0 Å². The number of ether oxygens (including phenoxy) is 6. The SMILES string of the molecule is Cc1[nH]cnc1-c1ccc(CNC(=O)[C@@H]2C[C@@H](O)CN2C(=O)[C@@H](NC(=O)COCCOCCOCCCOCCOCCOc2ccc(N3C(=O)N(c4ccc(C#N)c(C(F)(F)F)c4)C(=O)C3(C)C)cc2)C(C)(C)C)cc1. The molecule has 2 aliphatic heterocycles. The number of hydrogen-bond donors (Lipinski definition) is 4. The van der Waals surface area contributed by atoms with Gasteiger partial charge >= 0.3 is 12.2 Å². The third-order valence-electron chi connectivity index (χ3n) is 12.7. The van der Waals surface area contributed by atoms with Crippen molar-refractivity contribution in [3.63, 3.8) is 0 Å². The molecule has 20 nitrogen and oxygen atoms in total. The van der Waals surface area contributed by atoms with Crippen molar-refractivity contribution in [2.24, 2.45) is 5.41 Å². The number of carbonyl (C=O) groups is 5. The van der Waals surface area contributed by atoms with Crippen LogP contribution < -0.4 is 25.2 Å². The predicted octanol–water partition coefficient (Wildman–Crippen LogP) is 5.69. The Hall–Kier alpha value is -6.94. The minimum absolute atomic E-state index is 0.0430. The summed E-state index contributed by atoms with van der Waals surface area (Å²) in [5.74, 6) is -1.66. The number of β-amino-alcohol motifs (C(OH)–C–C–N with tert-alkyl or cyclic N) is 1. The molecule has 0 saturated carbocycles. The van der Waals surface area contributed by atoms with Crippen LogP contribution in [0.5, 0.6) is 5.75 Å². The van der Waals surface area contributed by atoms with Gasteiger partial charge in [0.15, 0.2) is 0 Å². The first-order valence-corrected chi connectivity index (χ1v) is 25.2. The van der Waals surface area contributed by atoms with E-state index in [-0.39, 0.29) is 58.2 Å². The minimum atomic E-state index is -4.87. The molecular formula is C54H67F3N8O12. The summed E-state index contributed by atoms with van der Waals surface area (Å²) in [7, 11) is 0. The maximum Gasteiger partial charge on any atom is 0.417 e. The van der Waals surface area contributed by atoms with Gasteiger partial charge < -0.3 is 54.0 Å². The molecule has 3 atom stereocenters. The molecule has 416 valence electrons. The van der Waals surface area contributed by atoms with Crippen LogP contribution >= 0.6 is 0 Å². The number of likely N-dealkylation sites (tertiary alicyclic amines) is 1. The van der Waals surface area contributed by atoms with Gasteiger partial charge in [-0.25, -0.2) is 14.7 Å². The number of H-pyrrole nitrogens is 1. The molecule has 4 N–H and O–H groups in total. The number of benzene rings is 3. The van der Waals surface area contributed by atoms with Gasteiger partial charge in [0.05, 0.1) is 87.3 Å². The van der Waals surface area contributed by atoms with Crippen molar-refractivity contribution in [1.82, 2.24) is 25.5 Å². The van der Waals surface area contributed by atoms with Crippen molar-refractivity contribution in [3.8, 4) is 23.1 Å². The lowest BCUT2D eigenvalue weighted by atomic mass is 9.85. The average Bonchev–Trinajstić information content (AvgIpc) is 4.06. The number of alkyl halides is 3. The number of urea groups is 1. The second kappa shape index (κ2) is 26.9. The number of imidazole rings is 1. The summed E-state index contributed by atoms with van der Waals surface area (Å²) in [4.78, 5) is 77.7. The maximum absolute atomic E-state index is 13.9. The minimum Gasteiger partial charge on any atom is -0.491 e. The second-order valence-electron chi connectivity index (χ2n) is 19.9. The first-order chi connectivity index (χ1) is 36.6. The number of nitrogens with one attached hydrogen (secondary N) is 3. The highest BCUT2D eigenvalue weighted by Gasteiger charge is 2.53. The molecule has 0 radical (unpaired) electrons. The molecule has 3 aromatic carbocycles. The number of nitrogens with zero attached hydrogens (tertiary/aromatic N) is 5. The Morgan fingerprint density at radius 2 is 1.45 bits per heavy atom. The summed E-state index contributed by atoms with van der Waals surface area (Å²) in [5.41, 5.74) is -0.437. The molecule has 77 heavy (non-hydrogen) atoms. The molecule has 6 rings (SSSR count). The van der Waals surface area contributed by atoms with E-state index < -0.39 is 76.1 Å². The third kappa shape index (κ3) is 15.8. The number of rotatable bonds is 27. The lowest BCUT2D eigenvalue weighted by molar-refractivity contribution is -0.144. The number of aryl methyl sites for hydroxylation is 1. The van der Waals surface area contributed by atoms with E-state index in [9.17, 15) is 42.3 Å². The quantitative estimate of drug-likeness (QED) is 0.0414. The van der Waals surface area contributed by atoms with E-state index >= 15 is 0 Å². The number of anilines is 2. The monoisotopic (exact) mass is 1080 g/mol. The van der Waals surface area contributed by atoms with Crippen LogP contribution in [0.2, 0.25) is 0 Å². The Morgan fingerprint density at radius 1 is 0.857 bits per heavy atom. The maximum atomic E-state index is 13.9. The first kappa shape index (κ1) is 59.3. The van der Waals surface area contributed by atoms with Crippen molar-refractivity contribution in [2.75, 3.05) is 89.0 Å². The van der Waals surface area contributed by atoms with Gasteiger partial charge in [0.25, 0.3) is 5.91 Å². The van der Waals surface area contributed by atoms with Crippen LogP contribution in [-0.2, 0) is 55.6 Å². The van der Waals surface area contributed by atoms with Gasteiger partial charge in [-0.3, -0.25) is 24.1 Å². The Bertz CT molecular complexity index is 2690. The Balaban J connectivity index is 0.774. The number of amides is 6. The fraction of sp³-hybridized carbons (Fsp3) is 0.500. The molecule has 4 aromatic rings. The zero-order valence-electron chi connectivity index (χ0n) is 44.1. The van der Waals surface area contributed by atoms with Crippen LogP contribution in [0.4, 0.5) is 29.3 Å². The fourth-order valence-electron chi connectivity index (χ4n) is 8.62. The van der Waals surface area contributed by atoms with Gasteiger partial charge in [-0.2, -0.15) is 18.4 Å². The zero-order valence-corrected chi connectivity index (χ0v) is 44.1. The molecule has 0 unspecified atom stereocenters. The highest BCUT2D eigenvalue weighted by atomic mass is 19.4. The standard InChI is InChI=1S/C54H67F3N8O12/c1-35-46(61-34-60-35)37-10-8-36(9-11-37)31-59-48(68)44-29-41(66)32-63(44)49(69)47(52(2,3)4)62-45(67)33-76-25-24-74-22-20-72-18-7-19-73-21-23-75-26-27-77-42-16-14-39(15-17-42)65-51(71)64(50(70)53(65,5)6)40-13-12-38(30-58)43(28-40)54(55,56)57/h8-17,28,34,41,44,47,66H,7,18-27,29,31-33H2,1-6H3,(H,59,68)(H,60,61)(H,62,67)/t41-,44+,47-/m1/s1. The van der Waals surface area contributed by atoms with Crippen molar-refractivity contribution in [2.45, 2.75) is 90.8 Å². The van der Waals surface area contributed by atoms with Crippen LogP contribution in [0.25, 0.3) is 11.3 Å². The highest BCUT2D eigenvalue weighted by molar-refractivity contribution is 6.30. The van der Waals surface area contributed by atoms with E-state index in [2.05, 4.69) is 20.6 Å². The van der Waals surface area contributed by atoms with Gasteiger partial charge in [0.2, 0.25) is 17.7 Å². The van der Waals surface area contributed by atoms with Crippen LogP contribution in [0.1, 0.15) is 69.8 Å². The number of halogens is 3. The van der Waals surface area contributed by atoms with Gasteiger partial charge in [0, 0.05) is 49.7 Å². The number of aliphatic hydroxyl groups excluding tert-OH is 1. The Labute approximate surface area is 445 Å². The average molecular weight is 1080 g/mol. The first-order valence-electron chi connectivity index (χ1n) is 25.2. The summed E-state index contributed by atoms with van der Waals surface area (Å²) in [6.07, 6.45) is -3.42. The topological polar surface area (TPSA) is 247 Å². The lowest BCUT2D eigenvalue weighted by Crippen LogP contribution is -2.58. The second-order valence-corrected chi connectivity index (χ2v) is 19.9. The largest absolute Gasteiger partial charge is 0.491 e. The van der Waals surface area contributed by atoms with E-state index in [0.717, 1.165) is 34.6 Å². The summed E-state index contributed by atoms with van der Waals surface area (Å²) >= 11 is 0. The molecule has 3 heterocycles. The summed E-state index contributed by atoms with van der Waals surface area (Å²) in [5, 5.41) is 25.3. The zero-order chi connectivity index (χ0) is 55.9. The molecule has 0 aliphatic carbocycles. The van der Waals surface area contributed by atoms with Gasteiger partial charge in [-0.15, -0.1) is 0 Å². The van der Waals surface area contributed by atoms with Gasteiger partial charge in [-0.1, -0.05) is 45.0 Å². The molecule has 0 bridgehead atoms. The Morgan fingerprint density at radius 3 is 2.04 bits per heavy atom. The van der Waals surface area contributed by atoms with E-state index in [1.807, 2.05) is 31.2 Å². The highest BCUT2D eigenvalue weighted by Crippen LogP contribution is 2.40. The van der Waals surface area contributed by atoms with Crippen LogP contribution in [0.15, 0.2) is 73.1 Å². The van der Waals surface area contributed by atoms with Crippen LogP contribution in [0.3, 0.4) is 0 Å². The number of imide groups is 1. The van der Waals surface area contributed by atoms with Crippen LogP contribution in [-0.4, -0.2) is 153 Å². The van der Waals surface area contributed by atoms with Gasteiger partial charge in [0.1, 0.15) is 36.6 Å². The molecule has 2 fully saturated rings. The fourth-order valence-corrected chi connectivity index (χ4v) is 8.62. The number of hydrogen-bond acceptors (Lipinski definition) is 14. The van der Waals surface area contributed by atoms with Crippen LogP contribution in [0, 0.1) is 23.7 Å². The summed E-state index contributed by atoms with van der Waals surface area (Å²) < 4.78 is 74.4. The van der Waals surface area contributed by atoms with E-state index in [1.54, 1.807) is 51.4 Å². The van der Waals surface area contributed by atoms with E-state index in [4.69, 9.17) is 33.7 Å². The molecule has 2 aliphatic rings. The Kier molecular flexibility index (Phi) is 20.7. The molecular weight excluding hydrogens is 1010 g/mol. The van der Waals surface area contributed by atoms with Gasteiger partial charge in [-0.05, 0) is 80.6 Å². The number of nitriles is 1. The molecule has 0 spiro atoms. The van der Waals surface area contributed by atoms with Crippen molar-refractivity contribution < 1.29 is 70.7 Å². The smallest absolute Gasteiger partial charge is 0.417 e. The van der Waals surface area contributed by atoms with E-state index in [1.165, 1.54) is 29.7 Å². The molecule has 2 saturated heterocycles. The van der Waals surface area contributed by atoms with Crippen molar-refractivity contribution in [1.29, 1.82) is 5.26 Å². The number of aromatic amines is 1. The third-order valence-corrected chi connectivity index (χ3v) is 12.7. The summed E-state index contributed by atoms with van der Waals surface area (Å²) in [6, 6.07) is 15.4. The van der Waals surface area contributed by atoms with E-state index in [0.29, 0.717) is 68.5 Å². The summed E-state index contributed by atoms with van der Waals surface area (Å²) in [6.45, 7) is 13.2. The molecule has 23 heteroatoms. The lowest BCUT2D eigenvalue weighted by Gasteiger charge is -2.35. The number of carbonyl (C=O) groups excluding carboxylic acids is 5. The molecule has 6 amide bonds. The number of aliphatic hydroxyl groups is 1.